The average Bonchev–Trinajstić information content (AvgIpc) is 3.17. The number of nitrogens with one attached hydrogen (secondary N) is 2. The van der Waals surface area contributed by atoms with Crippen LogP contribution in [0.2, 0.25) is 0 Å². The highest BCUT2D eigenvalue weighted by atomic mass is 32.1. The third kappa shape index (κ3) is 2.63. The molecule has 3 heterocycles. The lowest BCUT2D eigenvalue weighted by Crippen LogP contribution is -2.14. The van der Waals surface area contributed by atoms with E-state index in [1.165, 1.54) is 18.4 Å². The quantitative estimate of drug-likeness (QED) is 0.764. The van der Waals surface area contributed by atoms with E-state index in [4.69, 9.17) is 9.15 Å². The van der Waals surface area contributed by atoms with Crippen molar-refractivity contribution in [1.82, 2.24) is 20.2 Å². The largest absolute Gasteiger partial charge is 0.466 e. The lowest BCUT2D eigenvalue weighted by atomic mass is 10.3. The number of thiazole rings is 1. The van der Waals surface area contributed by atoms with Gasteiger partial charge >= 0.3 is 6.01 Å². The number of hydrogen-bond acceptors (Lipinski definition) is 7. The second-order valence-electron chi connectivity index (χ2n) is 4.03. The van der Waals surface area contributed by atoms with Crippen molar-refractivity contribution in [3.05, 3.63) is 29.0 Å². The maximum Gasteiger partial charge on any atom is 0.336 e. The van der Waals surface area contributed by atoms with E-state index in [1.54, 1.807) is 18.4 Å². The molecule has 8 nitrogen and oxygen atoms in total. The van der Waals surface area contributed by atoms with Crippen LogP contribution in [0.1, 0.15) is 15.4 Å². The molecule has 108 valence electrons. The summed E-state index contributed by atoms with van der Waals surface area (Å²) in [6.45, 7) is 1.82. The first kappa shape index (κ1) is 13.3. The highest BCUT2D eigenvalue weighted by Crippen LogP contribution is 2.28. The van der Waals surface area contributed by atoms with Gasteiger partial charge in [0.2, 0.25) is 5.95 Å². The van der Waals surface area contributed by atoms with Gasteiger partial charge in [-0.1, -0.05) is 0 Å². The van der Waals surface area contributed by atoms with Crippen molar-refractivity contribution in [2.24, 2.45) is 0 Å². The molecule has 21 heavy (non-hydrogen) atoms. The fourth-order valence-electron chi connectivity index (χ4n) is 1.67. The highest BCUT2D eigenvalue weighted by Gasteiger charge is 2.18. The molecule has 3 aromatic heterocycles. The number of H-pyrrole nitrogens is 1. The number of hydrogen-bond donors (Lipinski definition) is 2. The number of aryl methyl sites for hydroxylation is 1. The van der Waals surface area contributed by atoms with Gasteiger partial charge in [0.1, 0.15) is 5.69 Å². The smallest absolute Gasteiger partial charge is 0.336 e. The first-order chi connectivity index (χ1) is 10.2. The molecule has 1 amide bonds. The number of anilines is 1. The molecular weight excluding hydrogens is 294 g/mol. The molecule has 2 N–H and O–H groups in total. The number of amides is 1. The van der Waals surface area contributed by atoms with Gasteiger partial charge in [-0.15, -0.1) is 16.4 Å². The Kier molecular flexibility index (Phi) is 3.40. The first-order valence-electron chi connectivity index (χ1n) is 5.96. The SMILES string of the molecule is COc1n[nH]c(NC(=O)c2nc(-c3ccco3)sc2C)n1. The van der Waals surface area contributed by atoms with Gasteiger partial charge in [-0.05, 0) is 19.1 Å². The molecule has 0 aliphatic rings. The Hall–Kier alpha value is -2.68. The van der Waals surface area contributed by atoms with Crippen LogP contribution < -0.4 is 10.1 Å². The van der Waals surface area contributed by atoms with E-state index in [1.807, 2.05) is 6.92 Å². The fraction of sp³-hybridized carbons (Fsp3) is 0.167. The first-order valence-corrected chi connectivity index (χ1v) is 6.78. The topological polar surface area (TPSA) is 106 Å². The Balaban J connectivity index is 1.81. The predicted octanol–water partition coefficient (Wildman–Crippen LogP) is 2.09. The molecule has 9 heteroatoms. The Morgan fingerprint density at radius 1 is 1.48 bits per heavy atom. The number of rotatable bonds is 4. The summed E-state index contributed by atoms with van der Waals surface area (Å²) in [5, 5.41) is 9.52. The Morgan fingerprint density at radius 2 is 2.33 bits per heavy atom. The van der Waals surface area contributed by atoms with Crippen molar-refractivity contribution in [2.45, 2.75) is 6.92 Å². The van der Waals surface area contributed by atoms with Gasteiger partial charge in [-0.3, -0.25) is 10.1 Å². The Bertz CT molecular complexity index is 762. The van der Waals surface area contributed by atoms with Gasteiger partial charge in [-0.25, -0.2) is 10.1 Å². The molecular formula is C12H11N5O3S. The van der Waals surface area contributed by atoms with Crippen LogP contribution in [-0.2, 0) is 0 Å². The van der Waals surface area contributed by atoms with E-state index in [-0.39, 0.29) is 17.9 Å². The number of furan rings is 1. The van der Waals surface area contributed by atoms with Gasteiger partial charge in [0.25, 0.3) is 5.91 Å². The molecule has 0 fully saturated rings. The van der Waals surface area contributed by atoms with Crippen LogP contribution >= 0.6 is 11.3 Å². The summed E-state index contributed by atoms with van der Waals surface area (Å²) in [5.74, 6) is 0.452. The number of aromatic nitrogens is 4. The van der Waals surface area contributed by atoms with Gasteiger partial charge in [0.15, 0.2) is 10.8 Å². The third-order valence-electron chi connectivity index (χ3n) is 2.62. The molecule has 0 unspecified atom stereocenters. The third-order valence-corrected chi connectivity index (χ3v) is 3.61. The summed E-state index contributed by atoms with van der Waals surface area (Å²) in [4.78, 5) is 21.2. The van der Waals surface area contributed by atoms with Gasteiger partial charge < -0.3 is 9.15 Å². The number of carbonyl (C=O) groups excluding carboxylic acids is 1. The average molecular weight is 305 g/mol. The van der Waals surface area contributed by atoms with E-state index < -0.39 is 0 Å². The molecule has 0 aliphatic heterocycles. The van der Waals surface area contributed by atoms with Crippen LogP contribution in [0.25, 0.3) is 10.8 Å². The van der Waals surface area contributed by atoms with Crippen molar-refractivity contribution in [2.75, 3.05) is 12.4 Å². The second-order valence-corrected chi connectivity index (χ2v) is 5.23. The van der Waals surface area contributed by atoms with Crippen molar-refractivity contribution in [3.8, 4) is 16.8 Å². The summed E-state index contributed by atoms with van der Waals surface area (Å²) < 4.78 is 10.1. The van der Waals surface area contributed by atoms with Crippen LogP contribution in [0.15, 0.2) is 22.8 Å². The minimum Gasteiger partial charge on any atom is -0.466 e. The summed E-state index contributed by atoms with van der Waals surface area (Å²) in [6.07, 6.45) is 1.56. The normalized spacial score (nSPS) is 10.6. The number of carbonyl (C=O) groups is 1. The molecule has 0 saturated heterocycles. The molecule has 0 spiro atoms. The van der Waals surface area contributed by atoms with E-state index in [0.717, 1.165) is 4.88 Å². The van der Waals surface area contributed by atoms with E-state index in [2.05, 4.69) is 25.5 Å². The van der Waals surface area contributed by atoms with Crippen molar-refractivity contribution in [3.63, 3.8) is 0 Å². The van der Waals surface area contributed by atoms with Gasteiger partial charge in [0, 0.05) is 4.88 Å². The monoisotopic (exact) mass is 305 g/mol. The lowest BCUT2D eigenvalue weighted by Gasteiger charge is -1.98. The summed E-state index contributed by atoms with van der Waals surface area (Å²) >= 11 is 1.38. The van der Waals surface area contributed by atoms with E-state index in [0.29, 0.717) is 16.5 Å². The number of nitrogens with zero attached hydrogens (tertiary/aromatic N) is 3. The fourth-order valence-corrected chi connectivity index (χ4v) is 2.55. The second kappa shape index (κ2) is 5.37. The molecule has 0 saturated carbocycles. The van der Waals surface area contributed by atoms with Gasteiger partial charge in [-0.2, -0.15) is 4.98 Å². The van der Waals surface area contributed by atoms with Gasteiger partial charge in [0.05, 0.1) is 13.4 Å². The van der Waals surface area contributed by atoms with Crippen LogP contribution in [0.5, 0.6) is 6.01 Å². The van der Waals surface area contributed by atoms with Crippen LogP contribution in [0.4, 0.5) is 5.95 Å². The lowest BCUT2D eigenvalue weighted by molar-refractivity contribution is 0.102. The minimum atomic E-state index is -0.375. The van der Waals surface area contributed by atoms with Crippen LogP contribution in [0, 0.1) is 6.92 Å². The van der Waals surface area contributed by atoms with Crippen molar-refractivity contribution < 1.29 is 13.9 Å². The molecule has 0 radical (unpaired) electrons. The van der Waals surface area contributed by atoms with Crippen molar-refractivity contribution in [1.29, 1.82) is 0 Å². The zero-order valence-corrected chi connectivity index (χ0v) is 12.0. The molecule has 0 atom stereocenters. The van der Waals surface area contributed by atoms with E-state index >= 15 is 0 Å². The van der Waals surface area contributed by atoms with Crippen LogP contribution in [-0.4, -0.2) is 33.2 Å². The molecule has 0 bridgehead atoms. The zero-order valence-electron chi connectivity index (χ0n) is 11.2. The highest BCUT2D eigenvalue weighted by molar-refractivity contribution is 7.15. The molecule has 0 aromatic carbocycles. The maximum atomic E-state index is 12.2. The number of aromatic amines is 1. The summed E-state index contributed by atoms with van der Waals surface area (Å²) in [7, 11) is 1.44. The number of methoxy groups -OCH3 is 1. The zero-order chi connectivity index (χ0) is 14.8. The standard InChI is InChI=1S/C12H11N5O3S/c1-6-8(13-10(21-6)7-4-3-5-20-7)9(18)14-11-15-12(19-2)17-16-11/h3-5H,1-2H3,(H2,14,15,16,17,18). The van der Waals surface area contributed by atoms with Crippen LogP contribution in [0.3, 0.4) is 0 Å². The predicted molar refractivity (Wildman–Crippen MR) is 75.4 cm³/mol. The summed E-state index contributed by atoms with van der Waals surface area (Å²) in [6, 6.07) is 3.71. The Labute approximate surface area is 123 Å². The Morgan fingerprint density at radius 3 is 3.00 bits per heavy atom. The molecule has 3 aromatic rings. The van der Waals surface area contributed by atoms with Crippen molar-refractivity contribution >= 4 is 23.2 Å². The molecule has 3 rings (SSSR count). The van der Waals surface area contributed by atoms with E-state index in [9.17, 15) is 4.79 Å². The summed E-state index contributed by atoms with van der Waals surface area (Å²) in [5.41, 5.74) is 0.321. The number of ether oxygens (including phenoxy) is 1. The minimum absolute atomic E-state index is 0.150. The molecule has 0 aliphatic carbocycles. The maximum absolute atomic E-state index is 12.2.